The molecule has 1 nitrogen and oxygen atoms in total. The van der Waals surface area contributed by atoms with Crippen LogP contribution in [0.25, 0.3) is 0 Å². The quantitative estimate of drug-likeness (QED) is 0.560. The molecule has 0 aliphatic heterocycles. The molecule has 0 N–H and O–H groups in total. The van der Waals surface area contributed by atoms with Gasteiger partial charge in [-0.15, -0.1) is 0 Å². The second-order valence-electron chi connectivity index (χ2n) is 2.71. The van der Waals surface area contributed by atoms with E-state index in [0.717, 1.165) is 3.57 Å². The van der Waals surface area contributed by atoms with Crippen LogP contribution < -0.4 is 0 Å². The third-order valence-electron chi connectivity index (χ3n) is 1.71. The van der Waals surface area contributed by atoms with E-state index < -0.39 is 6.43 Å². The van der Waals surface area contributed by atoms with Crippen molar-refractivity contribution < 1.29 is 13.6 Å². The van der Waals surface area contributed by atoms with Crippen molar-refractivity contribution in [3.63, 3.8) is 0 Å². The summed E-state index contributed by atoms with van der Waals surface area (Å²) in [5.74, 6) is -0.342. The topological polar surface area (TPSA) is 17.1 Å². The normalized spacial score (nSPS) is 10.7. The van der Waals surface area contributed by atoms with Crippen molar-refractivity contribution in [1.82, 2.24) is 0 Å². The standard InChI is InChI=1S/C9H6BrF2IO/c1-4(14)5-3-8(13)7(10)2-6(5)9(11)12/h2-3,9H,1H3. The SMILES string of the molecule is CC(=O)c1cc(I)c(Br)cc1C(F)F. The lowest BCUT2D eigenvalue weighted by molar-refractivity contribution is 0.0999. The third kappa shape index (κ3) is 2.50. The van der Waals surface area contributed by atoms with Crippen LogP contribution in [0.2, 0.25) is 0 Å². The zero-order chi connectivity index (χ0) is 10.9. The Hall–Kier alpha value is -0.0400. The van der Waals surface area contributed by atoms with E-state index >= 15 is 0 Å². The molecular weight excluding hydrogens is 369 g/mol. The van der Waals surface area contributed by atoms with Crippen molar-refractivity contribution in [2.75, 3.05) is 0 Å². The van der Waals surface area contributed by atoms with Gasteiger partial charge in [0.15, 0.2) is 5.78 Å². The number of carbonyl (C=O) groups is 1. The summed E-state index contributed by atoms with van der Waals surface area (Å²) in [5.41, 5.74) is -0.127. The summed E-state index contributed by atoms with van der Waals surface area (Å²) >= 11 is 5.12. The van der Waals surface area contributed by atoms with Crippen LogP contribution in [0.15, 0.2) is 16.6 Å². The molecule has 0 unspecified atom stereocenters. The molecule has 0 aliphatic carbocycles. The summed E-state index contributed by atoms with van der Waals surface area (Å²) in [4.78, 5) is 11.1. The predicted molar refractivity (Wildman–Crippen MR) is 61.8 cm³/mol. The highest BCUT2D eigenvalue weighted by molar-refractivity contribution is 14.1. The molecule has 1 aromatic rings. The highest BCUT2D eigenvalue weighted by Gasteiger charge is 2.17. The first-order valence-corrected chi connectivity index (χ1v) is 5.58. The molecule has 14 heavy (non-hydrogen) atoms. The molecule has 0 aromatic heterocycles. The van der Waals surface area contributed by atoms with Crippen LogP contribution in [-0.2, 0) is 0 Å². The molecule has 1 aromatic carbocycles. The lowest BCUT2D eigenvalue weighted by Crippen LogP contribution is -2.01. The van der Waals surface area contributed by atoms with Gasteiger partial charge in [0.25, 0.3) is 6.43 Å². The minimum Gasteiger partial charge on any atom is -0.294 e. The fraction of sp³-hybridized carbons (Fsp3) is 0.222. The number of halogens is 4. The van der Waals surface area contributed by atoms with Crippen molar-refractivity contribution in [3.8, 4) is 0 Å². The molecule has 0 amide bonds. The summed E-state index contributed by atoms with van der Waals surface area (Å²) in [6, 6.07) is 2.76. The second kappa shape index (κ2) is 4.65. The summed E-state index contributed by atoms with van der Waals surface area (Å²) in [5, 5.41) is 0. The van der Waals surface area contributed by atoms with E-state index in [1.165, 1.54) is 19.1 Å². The van der Waals surface area contributed by atoms with Crippen LogP contribution in [0.4, 0.5) is 8.78 Å². The van der Waals surface area contributed by atoms with E-state index in [2.05, 4.69) is 15.9 Å². The number of hydrogen-bond donors (Lipinski definition) is 0. The van der Waals surface area contributed by atoms with Crippen LogP contribution in [0, 0.1) is 3.57 Å². The molecule has 0 saturated carbocycles. The van der Waals surface area contributed by atoms with Crippen LogP contribution in [0.5, 0.6) is 0 Å². The minimum absolute atomic E-state index is 0.0904. The van der Waals surface area contributed by atoms with Crippen LogP contribution in [-0.4, -0.2) is 5.78 Å². The molecule has 0 aliphatic rings. The van der Waals surface area contributed by atoms with Gasteiger partial charge in [0.05, 0.1) is 0 Å². The van der Waals surface area contributed by atoms with Crippen LogP contribution in [0.1, 0.15) is 29.3 Å². The molecule has 0 atom stereocenters. The van der Waals surface area contributed by atoms with E-state index in [-0.39, 0.29) is 16.9 Å². The smallest absolute Gasteiger partial charge is 0.264 e. The monoisotopic (exact) mass is 374 g/mol. The Bertz CT molecular complexity index is 379. The van der Waals surface area contributed by atoms with Gasteiger partial charge in [0, 0.05) is 19.2 Å². The molecule has 76 valence electrons. The van der Waals surface area contributed by atoms with Crippen molar-refractivity contribution in [3.05, 3.63) is 31.3 Å². The number of hydrogen-bond acceptors (Lipinski definition) is 1. The average molecular weight is 375 g/mol. The second-order valence-corrected chi connectivity index (χ2v) is 4.73. The van der Waals surface area contributed by atoms with Gasteiger partial charge < -0.3 is 0 Å². The maximum Gasteiger partial charge on any atom is 0.264 e. The van der Waals surface area contributed by atoms with Gasteiger partial charge in [-0.1, -0.05) is 0 Å². The zero-order valence-corrected chi connectivity index (χ0v) is 10.9. The number of benzene rings is 1. The maximum absolute atomic E-state index is 12.5. The molecule has 0 saturated heterocycles. The number of alkyl halides is 2. The fourth-order valence-corrected chi connectivity index (χ4v) is 1.88. The Morgan fingerprint density at radius 2 is 2.07 bits per heavy atom. The Morgan fingerprint density at radius 3 is 2.50 bits per heavy atom. The van der Waals surface area contributed by atoms with Crippen LogP contribution in [0.3, 0.4) is 0 Å². The van der Waals surface area contributed by atoms with Gasteiger partial charge in [0.1, 0.15) is 0 Å². The molecular formula is C9H6BrF2IO. The lowest BCUT2D eigenvalue weighted by atomic mass is 10.1. The van der Waals surface area contributed by atoms with Crippen molar-refractivity contribution in [2.45, 2.75) is 13.3 Å². The molecule has 0 bridgehead atoms. The maximum atomic E-state index is 12.5. The molecule has 5 heteroatoms. The van der Waals surface area contributed by atoms with E-state index in [4.69, 9.17) is 0 Å². The Labute approximate surface area is 102 Å². The van der Waals surface area contributed by atoms with E-state index in [1.807, 2.05) is 22.6 Å². The van der Waals surface area contributed by atoms with Gasteiger partial charge in [-0.25, -0.2) is 8.78 Å². The summed E-state index contributed by atoms with van der Waals surface area (Å²) < 4.78 is 26.4. The zero-order valence-electron chi connectivity index (χ0n) is 7.15. The van der Waals surface area contributed by atoms with Gasteiger partial charge in [-0.2, -0.15) is 0 Å². The van der Waals surface area contributed by atoms with E-state index in [1.54, 1.807) is 0 Å². The number of ketones is 1. The van der Waals surface area contributed by atoms with Gasteiger partial charge in [-0.05, 0) is 57.6 Å². The number of Topliss-reactive ketones (excluding diaryl/α,β-unsaturated/α-hetero) is 1. The predicted octanol–water partition coefficient (Wildman–Crippen LogP) is 4.19. The summed E-state index contributed by atoms with van der Waals surface area (Å²) in [7, 11) is 0. The van der Waals surface area contributed by atoms with Gasteiger partial charge in [-0.3, -0.25) is 4.79 Å². The number of rotatable bonds is 2. The Balaban J connectivity index is 3.39. The molecule has 0 fully saturated rings. The summed E-state index contributed by atoms with van der Waals surface area (Å²) in [6.07, 6.45) is -2.62. The summed E-state index contributed by atoms with van der Waals surface area (Å²) in [6.45, 7) is 1.28. The molecule has 0 radical (unpaired) electrons. The third-order valence-corrected chi connectivity index (χ3v) is 4.00. The molecule has 1 rings (SSSR count). The average Bonchev–Trinajstić information content (AvgIpc) is 2.08. The van der Waals surface area contributed by atoms with E-state index in [9.17, 15) is 13.6 Å². The van der Waals surface area contributed by atoms with Crippen molar-refractivity contribution in [1.29, 1.82) is 0 Å². The van der Waals surface area contributed by atoms with Crippen LogP contribution >= 0.6 is 38.5 Å². The first-order valence-electron chi connectivity index (χ1n) is 3.71. The van der Waals surface area contributed by atoms with Gasteiger partial charge in [0.2, 0.25) is 0 Å². The molecule has 0 spiro atoms. The Kier molecular flexibility index (Phi) is 4.00. The minimum atomic E-state index is -2.62. The van der Waals surface area contributed by atoms with Gasteiger partial charge >= 0.3 is 0 Å². The molecule has 0 heterocycles. The number of carbonyl (C=O) groups excluding carboxylic acids is 1. The first kappa shape index (κ1) is 12.0. The lowest BCUT2D eigenvalue weighted by Gasteiger charge is -2.07. The Morgan fingerprint density at radius 1 is 1.50 bits per heavy atom. The van der Waals surface area contributed by atoms with Crippen molar-refractivity contribution >= 4 is 44.3 Å². The van der Waals surface area contributed by atoms with E-state index in [0.29, 0.717) is 4.47 Å². The highest BCUT2D eigenvalue weighted by atomic mass is 127. The first-order chi connectivity index (χ1) is 6.43. The fourth-order valence-electron chi connectivity index (χ4n) is 1.05. The highest BCUT2D eigenvalue weighted by Crippen LogP contribution is 2.30. The van der Waals surface area contributed by atoms with Crippen molar-refractivity contribution in [2.24, 2.45) is 0 Å². The largest absolute Gasteiger partial charge is 0.294 e.